The van der Waals surface area contributed by atoms with Crippen molar-refractivity contribution in [1.29, 1.82) is 0 Å². The lowest BCUT2D eigenvalue weighted by atomic mass is 9.90. The molecule has 0 bridgehead atoms. The summed E-state index contributed by atoms with van der Waals surface area (Å²) in [6, 6.07) is 7.06. The number of benzene rings is 1. The van der Waals surface area contributed by atoms with Crippen LogP contribution in [0, 0.1) is 5.41 Å². The van der Waals surface area contributed by atoms with Crippen LogP contribution in [0.4, 0.5) is 0 Å². The van der Waals surface area contributed by atoms with E-state index in [1.807, 2.05) is 0 Å². The van der Waals surface area contributed by atoms with E-state index in [-0.39, 0.29) is 11.2 Å². The van der Waals surface area contributed by atoms with Crippen LogP contribution in [0.3, 0.4) is 0 Å². The van der Waals surface area contributed by atoms with Crippen molar-refractivity contribution in [2.75, 3.05) is 12.4 Å². The van der Waals surface area contributed by atoms with Gasteiger partial charge in [-0.1, -0.05) is 24.4 Å². The first-order valence-electron chi connectivity index (χ1n) is 6.28. The van der Waals surface area contributed by atoms with Crippen molar-refractivity contribution in [2.45, 2.75) is 25.7 Å². The van der Waals surface area contributed by atoms with Crippen LogP contribution >= 0.6 is 11.6 Å². The highest BCUT2D eigenvalue weighted by Crippen LogP contribution is 2.39. The number of primary sulfonamides is 1. The third-order valence-electron chi connectivity index (χ3n) is 3.53. The maximum Gasteiger partial charge on any atom is 0.209 e. The van der Waals surface area contributed by atoms with Crippen LogP contribution in [-0.2, 0) is 10.0 Å². The molecule has 2 rings (SSSR count). The Hall–Kier alpha value is -0.780. The van der Waals surface area contributed by atoms with Gasteiger partial charge in [0.15, 0.2) is 0 Å². The lowest BCUT2D eigenvalue weighted by Gasteiger charge is -2.27. The van der Waals surface area contributed by atoms with Crippen LogP contribution < -0.4 is 9.88 Å². The van der Waals surface area contributed by atoms with Crippen molar-refractivity contribution in [1.82, 2.24) is 0 Å². The molecule has 0 amide bonds. The van der Waals surface area contributed by atoms with Crippen LogP contribution in [0.2, 0.25) is 5.02 Å². The summed E-state index contributed by atoms with van der Waals surface area (Å²) in [4.78, 5) is 0. The first kappa shape index (κ1) is 14.6. The molecule has 1 aliphatic carbocycles. The Morgan fingerprint density at radius 3 is 2.32 bits per heavy atom. The van der Waals surface area contributed by atoms with Gasteiger partial charge in [-0.2, -0.15) is 0 Å². The first-order valence-corrected chi connectivity index (χ1v) is 8.37. The molecule has 4 nitrogen and oxygen atoms in total. The quantitative estimate of drug-likeness (QED) is 0.909. The molecule has 0 saturated heterocycles. The van der Waals surface area contributed by atoms with E-state index in [0.29, 0.717) is 17.4 Å². The van der Waals surface area contributed by atoms with E-state index in [2.05, 4.69) is 0 Å². The highest BCUT2D eigenvalue weighted by Gasteiger charge is 2.38. The highest BCUT2D eigenvalue weighted by atomic mass is 35.5. The van der Waals surface area contributed by atoms with Gasteiger partial charge in [-0.05, 0) is 37.1 Å². The zero-order valence-corrected chi connectivity index (χ0v) is 12.2. The third kappa shape index (κ3) is 4.37. The number of ether oxygens (including phenoxy) is 1. The normalized spacial score (nSPS) is 18.4. The lowest BCUT2D eigenvalue weighted by molar-refractivity contribution is 0.170. The first-order chi connectivity index (χ1) is 8.89. The van der Waals surface area contributed by atoms with Crippen molar-refractivity contribution in [3.05, 3.63) is 29.3 Å². The zero-order valence-electron chi connectivity index (χ0n) is 10.6. The molecule has 0 aromatic heterocycles. The van der Waals surface area contributed by atoms with Crippen molar-refractivity contribution >= 4 is 21.6 Å². The summed E-state index contributed by atoms with van der Waals surface area (Å²) in [7, 11) is -3.48. The summed E-state index contributed by atoms with van der Waals surface area (Å²) in [5, 5.41) is 5.83. The summed E-state index contributed by atoms with van der Waals surface area (Å²) in [5.74, 6) is 0.693. The minimum atomic E-state index is -3.48. The molecule has 0 radical (unpaired) electrons. The maximum atomic E-state index is 11.4. The molecule has 0 aliphatic heterocycles. The summed E-state index contributed by atoms with van der Waals surface area (Å²) in [6.45, 7) is 0.380. The molecular weight excluding hydrogens is 286 g/mol. The molecule has 0 unspecified atom stereocenters. The standard InChI is InChI=1S/C13H18ClNO3S/c14-11-3-5-12(6-4-11)18-9-13(7-1-2-8-13)10-19(15,16)17/h3-6H,1-2,7-10H2,(H2,15,16,17). The zero-order chi connectivity index (χ0) is 13.9. The molecule has 2 N–H and O–H groups in total. The van der Waals surface area contributed by atoms with E-state index in [1.54, 1.807) is 24.3 Å². The maximum absolute atomic E-state index is 11.4. The van der Waals surface area contributed by atoms with E-state index >= 15 is 0 Å². The van der Waals surface area contributed by atoms with E-state index < -0.39 is 10.0 Å². The smallest absolute Gasteiger partial charge is 0.209 e. The second-order valence-electron chi connectivity index (χ2n) is 5.26. The molecule has 1 fully saturated rings. The SMILES string of the molecule is NS(=O)(=O)CC1(COc2ccc(Cl)cc2)CCCC1. The van der Waals surface area contributed by atoms with E-state index in [1.165, 1.54) is 0 Å². The van der Waals surface area contributed by atoms with Crippen LogP contribution in [0.25, 0.3) is 0 Å². The lowest BCUT2D eigenvalue weighted by Crippen LogP contribution is -2.36. The molecule has 0 atom stereocenters. The Kier molecular flexibility index (Phi) is 4.38. The van der Waals surface area contributed by atoms with E-state index in [4.69, 9.17) is 21.5 Å². The second kappa shape index (κ2) is 5.69. The van der Waals surface area contributed by atoms with Gasteiger partial charge in [0.05, 0.1) is 12.4 Å². The second-order valence-corrected chi connectivity index (χ2v) is 7.31. The monoisotopic (exact) mass is 303 g/mol. The van der Waals surface area contributed by atoms with Crippen molar-refractivity contribution < 1.29 is 13.2 Å². The Morgan fingerprint density at radius 1 is 1.21 bits per heavy atom. The molecule has 6 heteroatoms. The summed E-state index contributed by atoms with van der Waals surface area (Å²) in [5.41, 5.74) is -0.340. The number of hydrogen-bond acceptors (Lipinski definition) is 3. The molecule has 1 aromatic carbocycles. The number of rotatable bonds is 5. The van der Waals surface area contributed by atoms with E-state index in [0.717, 1.165) is 25.7 Å². The van der Waals surface area contributed by atoms with Gasteiger partial charge in [0, 0.05) is 10.4 Å². The molecule has 19 heavy (non-hydrogen) atoms. The summed E-state index contributed by atoms with van der Waals surface area (Å²) in [6.07, 6.45) is 3.74. The fourth-order valence-electron chi connectivity index (χ4n) is 2.65. The Morgan fingerprint density at radius 2 is 1.79 bits per heavy atom. The average molecular weight is 304 g/mol. The molecule has 1 saturated carbocycles. The average Bonchev–Trinajstić information content (AvgIpc) is 2.75. The van der Waals surface area contributed by atoms with Gasteiger partial charge < -0.3 is 4.74 Å². The van der Waals surface area contributed by atoms with Crippen LogP contribution in [0.5, 0.6) is 5.75 Å². The molecular formula is C13H18ClNO3S. The summed E-state index contributed by atoms with van der Waals surface area (Å²) >= 11 is 5.80. The molecule has 0 spiro atoms. The van der Waals surface area contributed by atoms with Crippen molar-refractivity contribution in [3.8, 4) is 5.75 Å². The molecule has 106 valence electrons. The molecule has 1 aromatic rings. The van der Waals surface area contributed by atoms with Crippen LogP contribution in [0.15, 0.2) is 24.3 Å². The number of nitrogens with two attached hydrogens (primary N) is 1. The predicted molar refractivity (Wildman–Crippen MR) is 75.8 cm³/mol. The van der Waals surface area contributed by atoms with Gasteiger partial charge in [0.25, 0.3) is 0 Å². The van der Waals surface area contributed by atoms with Crippen molar-refractivity contribution in [2.24, 2.45) is 10.6 Å². The van der Waals surface area contributed by atoms with Crippen LogP contribution in [-0.4, -0.2) is 20.8 Å². The third-order valence-corrected chi connectivity index (χ3v) is 4.80. The Bertz CT molecular complexity index is 521. The van der Waals surface area contributed by atoms with Gasteiger partial charge in [-0.15, -0.1) is 0 Å². The topological polar surface area (TPSA) is 69.4 Å². The fraction of sp³-hybridized carbons (Fsp3) is 0.538. The fourth-order valence-corrected chi connectivity index (χ4v) is 4.00. The Balaban J connectivity index is 2.03. The van der Waals surface area contributed by atoms with Gasteiger partial charge in [-0.3, -0.25) is 0 Å². The Labute approximate surface area is 118 Å². The minimum absolute atomic E-state index is 0.00636. The minimum Gasteiger partial charge on any atom is -0.493 e. The largest absolute Gasteiger partial charge is 0.493 e. The molecule has 0 heterocycles. The highest BCUT2D eigenvalue weighted by molar-refractivity contribution is 7.89. The van der Waals surface area contributed by atoms with Gasteiger partial charge in [0.1, 0.15) is 5.75 Å². The number of halogens is 1. The summed E-state index contributed by atoms with van der Waals surface area (Å²) < 4.78 is 28.4. The van der Waals surface area contributed by atoms with Gasteiger partial charge in [-0.25, -0.2) is 13.6 Å². The van der Waals surface area contributed by atoms with Crippen molar-refractivity contribution in [3.63, 3.8) is 0 Å². The van der Waals surface area contributed by atoms with Crippen LogP contribution in [0.1, 0.15) is 25.7 Å². The van der Waals surface area contributed by atoms with Gasteiger partial charge in [0.2, 0.25) is 10.0 Å². The van der Waals surface area contributed by atoms with E-state index in [9.17, 15) is 8.42 Å². The molecule has 1 aliphatic rings. The number of sulfonamides is 1. The predicted octanol–water partition coefficient (Wildman–Crippen LogP) is 2.57. The van der Waals surface area contributed by atoms with Gasteiger partial charge >= 0.3 is 0 Å². The number of hydrogen-bond donors (Lipinski definition) is 1.